The molecule has 10 heteroatoms. The fourth-order valence-electron chi connectivity index (χ4n) is 2.40. The largest absolute Gasteiger partial charge is 0.443 e. The van der Waals surface area contributed by atoms with Crippen LogP contribution in [-0.2, 0) is 16.0 Å². The normalized spacial score (nSPS) is 10.6. The van der Waals surface area contributed by atoms with Gasteiger partial charge >= 0.3 is 12.2 Å². The maximum atomic E-state index is 12.4. The van der Waals surface area contributed by atoms with Crippen LogP contribution < -0.4 is 5.32 Å². The van der Waals surface area contributed by atoms with Crippen molar-refractivity contribution in [2.24, 2.45) is 0 Å². The molecule has 168 valence electrons. The second-order valence-electron chi connectivity index (χ2n) is 7.58. The van der Waals surface area contributed by atoms with E-state index in [2.05, 4.69) is 16.4 Å². The maximum absolute atomic E-state index is 12.4. The van der Waals surface area contributed by atoms with E-state index in [1.807, 2.05) is 6.07 Å². The van der Waals surface area contributed by atoms with Crippen LogP contribution in [-0.4, -0.2) is 41.1 Å². The van der Waals surface area contributed by atoms with Gasteiger partial charge in [-0.2, -0.15) is 5.26 Å². The minimum absolute atomic E-state index is 0.0414. The van der Waals surface area contributed by atoms with Crippen LogP contribution in [0, 0.1) is 23.7 Å². The molecule has 0 aliphatic heterocycles. The molecule has 9 nitrogen and oxygen atoms in total. The number of rotatable bonds is 6. The number of hydroxylamine groups is 2. The first-order valence-electron chi connectivity index (χ1n) is 9.68. The van der Waals surface area contributed by atoms with Gasteiger partial charge in [-0.25, -0.2) is 9.59 Å². The van der Waals surface area contributed by atoms with Crippen LogP contribution in [0.25, 0.3) is 11.3 Å². The summed E-state index contributed by atoms with van der Waals surface area (Å²) in [4.78, 5) is 29.5. The molecule has 0 bridgehead atoms. The summed E-state index contributed by atoms with van der Waals surface area (Å²) in [5, 5.41) is 16.5. The summed E-state index contributed by atoms with van der Waals surface area (Å²) >= 11 is 6.07. The molecule has 0 unspecified atom stereocenters. The average molecular weight is 459 g/mol. The number of carbonyl (C=O) groups is 2. The highest BCUT2D eigenvalue weighted by Gasteiger charge is 2.26. The van der Waals surface area contributed by atoms with Crippen molar-refractivity contribution in [2.75, 3.05) is 13.1 Å². The van der Waals surface area contributed by atoms with E-state index < -0.39 is 17.8 Å². The highest BCUT2D eigenvalue weighted by atomic mass is 35.5. The van der Waals surface area contributed by atoms with E-state index in [1.165, 1.54) is 0 Å². The second-order valence-corrected chi connectivity index (χ2v) is 7.98. The first kappa shape index (κ1) is 24.6. The van der Waals surface area contributed by atoms with Crippen LogP contribution >= 0.6 is 11.6 Å². The Hall–Kier alpha value is -3.69. The molecule has 1 aromatic heterocycles. The monoisotopic (exact) mass is 458 g/mol. The Morgan fingerprint density at radius 1 is 1.34 bits per heavy atom. The van der Waals surface area contributed by atoms with Crippen molar-refractivity contribution >= 4 is 23.8 Å². The van der Waals surface area contributed by atoms with Crippen LogP contribution in [0.2, 0.25) is 5.02 Å². The van der Waals surface area contributed by atoms with Crippen LogP contribution in [0.1, 0.15) is 38.5 Å². The number of nitrogens with one attached hydrogen (secondary N) is 1. The van der Waals surface area contributed by atoms with Crippen molar-refractivity contribution in [3.8, 4) is 29.7 Å². The zero-order valence-corrected chi connectivity index (χ0v) is 18.7. The molecule has 2 rings (SSSR count). The maximum Gasteiger partial charge on any atom is 0.443 e. The van der Waals surface area contributed by atoms with Gasteiger partial charge in [0.05, 0.1) is 17.1 Å². The van der Waals surface area contributed by atoms with E-state index >= 15 is 0 Å². The molecule has 1 heterocycles. The average Bonchev–Trinajstić information content (AvgIpc) is 3.19. The minimum Gasteiger partial charge on any atom is -0.442 e. The molecule has 0 spiro atoms. The Balaban J connectivity index is 2.07. The molecule has 1 N–H and O–H groups in total. The van der Waals surface area contributed by atoms with Gasteiger partial charge in [0.15, 0.2) is 0 Å². The molecular weight excluding hydrogens is 436 g/mol. The van der Waals surface area contributed by atoms with Gasteiger partial charge in [0.25, 0.3) is 0 Å². The summed E-state index contributed by atoms with van der Waals surface area (Å²) in [6, 6.07) is 8.55. The summed E-state index contributed by atoms with van der Waals surface area (Å²) in [7, 11) is 0. The second kappa shape index (κ2) is 11.1. The number of aromatic nitrogens is 1. The Morgan fingerprint density at radius 2 is 2.09 bits per heavy atom. The molecule has 0 saturated heterocycles. The predicted octanol–water partition coefficient (Wildman–Crippen LogP) is 4.31. The quantitative estimate of drug-likeness (QED) is 0.389. The number of hydrogen-bond acceptors (Lipinski definition) is 7. The van der Waals surface area contributed by atoms with Gasteiger partial charge in [-0.1, -0.05) is 22.8 Å². The summed E-state index contributed by atoms with van der Waals surface area (Å²) in [6.07, 6.45) is 3.99. The molecule has 0 aliphatic carbocycles. The van der Waals surface area contributed by atoms with E-state index in [4.69, 9.17) is 37.4 Å². The standard InChI is InChI=1S/C22H23ClN4O5/c1-5-6-10-25-20(28)32-27(21(29)30-22(2,3)4)11-9-17-13-19(26-31-17)15-7-8-16(14-24)18(23)12-15/h1,7-8,12-13H,6,9-11H2,2-4H3,(H,25,28). The van der Waals surface area contributed by atoms with Gasteiger partial charge in [-0.3, -0.25) is 0 Å². The molecular formula is C22H23ClN4O5. The first-order chi connectivity index (χ1) is 15.1. The summed E-state index contributed by atoms with van der Waals surface area (Å²) in [6.45, 7) is 5.25. The lowest BCUT2D eigenvalue weighted by molar-refractivity contribution is -0.100. The van der Waals surface area contributed by atoms with E-state index in [0.717, 1.165) is 5.06 Å². The number of halogens is 1. The lowest BCUT2D eigenvalue weighted by atomic mass is 10.1. The topological polar surface area (TPSA) is 118 Å². The van der Waals surface area contributed by atoms with Crippen LogP contribution in [0.15, 0.2) is 28.8 Å². The van der Waals surface area contributed by atoms with E-state index in [-0.39, 0.29) is 19.5 Å². The van der Waals surface area contributed by atoms with Gasteiger partial charge in [-0.05, 0) is 32.9 Å². The van der Waals surface area contributed by atoms with Gasteiger partial charge in [-0.15, -0.1) is 17.4 Å². The number of nitrogens with zero attached hydrogens (tertiary/aromatic N) is 3. The van der Waals surface area contributed by atoms with Crippen LogP contribution in [0.5, 0.6) is 0 Å². The smallest absolute Gasteiger partial charge is 0.442 e. The van der Waals surface area contributed by atoms with Crippen LogP contribution in [0.4, 0.5) is 9.59 Å². The Morgan fingerprint density at radius 3 is 2.72 bits per heavy atom. The van der Waals surface area contributed by atoms with Gasteiger partial charge in [0, 0.05) is 31.0 Å². The number of benzene rings is 1. The number of carbonyl (C=O) groups excluding carboxylic acids is 2. The number of ether oxygens (including phenoxy) is 1. The third kappa shape index (κ3) is 7.53. The predicted molar refractivity (Wildman–Crippen MR) is 116 cm³/mol. The van der Waals surface area contributed by atoms with Crippen molar-refractivity contribution in [3.63, 3.8) is 0 Å². The first-order valence-corrected chi connectivity index (χ1v) is 10.1. The molecule has 0 fully saturated rings. The Labute approximate surface area is 191 Å². The summed E-state index contributed by atoms with van der Waals surface area (Å²) in [5.41, 5.74) is 0.734. The number of amides is 2. The lowest BCUT2D eigenvalue weighted by Crippen LogP contribution is -2.42. The highest BCUT2D eigenvalue weighted by molar-refractivity contribution is 6.32. The van der Waals surface area contributed by atoms with Crippen molar-refractivity contribution in [3.05, 3.63) is 40.6 Å². The molecule has 1 aromatic carbocycles. The van der Waals surface area contributed by atoms with Gasteiger partial charge in [0.2, 0.25) is 0 Å². The van der Waals surface area contributed by atoms with Crippen LogP contribution in [0.3, 0.4) is 0 Å². The highest BCUT2D eigenvalue weighted by Crippen LogP contribution is 2.25. The number of nitriles is 1. The SMILES string of the molecule is C#CCCNC(=O)ON(CCc1cc(-c2ccc(C#N)c(Cl)c2)no1)C(=O)OC(C)(C)C. The molecule has 2 aromatic rings. The molecule has 0 radical (unpaired) electrons. The zero-order chi connectivity index (χ0) is 23.7. The van der Waals surface area contributed by atoms with E-state index in [9.17, 15) is 9.59 Å². The summed E-state index contributed by atoms with van der Waals surface area (Å²) in [5.74, 6) is 2.82. The zero-order valence-electron chi connectivity index (χ0n) is 18.0. The Bertz CT molecular complexity index is 1050. The third-order valence-electron chi connectivity index (χ3n) is 3.83. The molecule has 0 saturated carbocycles. The van der Waals surface area contributed by atoms with Crippen molar-refractivity contribution < 1.29 is 23.7 Å². The molecule has 32 heavy (non-hydrogen) atoms. The lowest BCUT2D eigenvalue weighted by Gasteiger charge is -2.25. The fourth-order valence-corrected chi connectivity index (χ4v) is 2.62. The number of hydrogen-bond donors (Lipinski definition) is 1. The molecule has 0 aliphatic rings. The minimum atomic E-state index is -0.836. The van der Waals surface area contributed by atoms with E-state index in [0.29, 0.717) is 34.0 Å². The van der Waals surface area contributed by atoms with Crippen molar-refractivity contribution in [1.82, 2.24) is 15.5 Å². The van der Waals surface area contributed by atoms with E-state index in [1.54, 1.807) is 45.0 Å². The van der Waals surface area contributed by atoms with Crippen molar-refractivity contribution in [2.45, 2.75) is 39.2 Å². The Kier molecular flexibility index (Phi) is 8.51. The number of terminal acetylenes is 1. The molecule has 0 atom stereocenters. The summed E-state index contributed by atoms with van der Waals surface area (Å²) < 4.78 is 10.6. The van der Waals surface area contributed by atoms with Gasteiger partial charge < -0.3 is 19.4 Å². The third-order valence-corrected chi connectivity index (χ3v) is 4.15. The van der Waals surface area contributed by atoms with Gasteiger partial charge in [0.1, 0.15) is 23.1 Å². The van der Waals surface area contributed by atoms with Crippen molar-refractivity contribution in [1.29, 1.82) is 5.26 Å². The molecule has 2 amide bonds. The fraction of sp³-hybridized carbons (Fsp3) is 0.364.